The number of hydrogen-bond donors (Lipinski definition) is 1. The fourth-order valence-electron chi connectivity index (χ4n) is 2.81. The number of sulfonamides is 1. The minimum absolute atomic E-state index is 0.128. The smallest absolute Gasteiger partial charge is 0.256 e. The van der Waals surface area contributed by atoms with Gasteiger partial charge in [-0.2, -0.15) is 4.31 Å². The average molecular weight is 394 g/mol. The Hall–Kier alpha value is -1.96. The van der Waals surface area contributed by atoms with Crippen molar-refractivity contribution >= 4 is 33.3 Å². The summed E-state index contributed by atoms with van der Waals surface area (Å²) in [5, 5.41) is 3.10. The second-order valence-corrected chi connectivity index (χ2v) is 8.80. The number of carbonyl (C=O) groups is 1. The first kappa shape index (κ1) is 18.8. The van der Waals surface area contributed by atoms with E-state index in [1.807, 2.05) is 0 Å². The summed E-state index contributed by atoms with van der Waals surface area (Å²) in [6.07, 6.45) is 3.12. The van der Waals surface area contributed by atoms with Gasteiger partial charge in [-0.25, -0.2) is 13.4 Å². The summed E-state index contributed by atoms with van der Waals surface area (Å²) >= 11 is 5.77. The van der Waals surface area contributed by atoms with Crippen LogP contribution in [0.25, 0.3) is 0 Å². The molecular formula is C18H20ClN3O3S. The number of anilines is 1. The normalized spacial score (nSPS) is 16.4. The average Bonchev–Trinajstić information content (AvgIpc) is 2.64. The topological polar surface area (TPSA) is 79.4 Å². The second kappa shape index (κ2) is 7.73. The van der Waals surface area contributed by atoms with Gasteiger partial charge in [-0.3, -0.25) is 4.79 Å². The van der Waals surface area contributed by atoms with Crippen LogP contribution in [0.15, 0.2) is 47.5 Å². The summed E-state index contributed by atoms with van der Waals surface area (Å²) in [5.41, 5.74) is 0.258. The molecule has 138 valence electrons. The highest BCUT2D eigenvalue weighted by atomic mass is 35.5. The molecule has 26 heavy (non-hydrogen) atoms. The number of rotatable bonds is 4. The van der Waals surface area contributed by atoms with Gasteiger partial charge >= 0.3 is 0 Å². The molecule has 0 atom stereocenters. The van der Waals surface area contributed by atoms with Gasteiger partial charge in [0.2, 0.25) is 10.0 Å². The summed E-state index contributed by atoms with van der Waals surface area (Å²) < 4.78 is 27.2. The van der Waals surface area contributed by atoms with E-state index in [4.69, 9.17) is 11.6 Å². The second-order valence-electron chi connectivity index (χ2n) is 6.43. The van der Waals surface area contributed by atoms with Gasteiger partial charge in [-0.1, -0.05) is 24.6 Å². The van der Waals surface area contributed by atoms with Gasteiger partial charge in [0, 0.05) is 24.8 Å². The fourth-order valence-corrected chi connectivity index (χ4v) is 4.44. The molecule has 1 aliphatic rings. The van der Waals surface area contributed by atoms with Crippen LogP contribution >= 0.6 is 11.6 Å². The Kier molecular flexibility index (Phi) is 5.60. The van der Waals surface area contributed by atoms with Crippen LogP contribution in [-0.2, 0) is 10.0 Å². The SMILES string of the molecule is CC1CCN(S(=O)(=O)c2cccc(C(=O)Nc3ccc(Cl)cn3)c2)CC1. The van der Waals surface area contributed by atoms with Crippen molar-refractivity contribution in [2.75, 3.05) is 18.4 Å². The first-order valence-corrected chi connectivity index (χ1v) is 10.2. The lowest BCUT2D eigenvalue weighted by Crippen LogP contribution is -2.37. The minimum atomic E-state index is -3.60. The van der Waals surface area contributed by atoms with Crippen LogP contribution in [0.1, 0.15) is 30.1 Å². The van der Waals surface area contributed by atoms with Gasteiger partial charge in [0.1, 0.15) is 5.82 Å². The third kappa shape index (κ3) is 4.23. The third-order valence-corrected chi connectivity index (χ3v) is 6.56. The van der Waals surface area contributed by atoms with E-state index in [1.165, 1.54) is 22.6 Å². The van der Waals surface area contributed by atoms with Gasteiger partial charge in [-0.05, 0) is 49.1 Å². The molecule has 0 aliphatic carbocycles. The highest BCUT2D eigenvalue weighted by molar-refractivity contribution is 7.89. The largest absolute Gasteiger partial charge is 0.307 e. The van der Waals surface area contributed by atoms with Crippen LogP contribution in [0.2, 0.25) is 5.02 Å². The van der Waals surface area contributed by atoms with Gasteiger partial charge in [0.05, 0.1) is 9.92 Å². The molecule has 6 nitrogen and oxygen atoms in total. The lowest BCUT2D eigenvalue weighted by Gasteiger charge is -2.29. The lowest BCUT2D eigenvalue weighted by molar-refractivity contribution is 0.102. The van der Waals surface area contributed by atoms with E-state index in [1.54, 1.807) is 24.3 Å². The van der Waals surface area contributed by atoms with Crippen LogP contribution in [0, 0.1) is 5.92 Å². The minimum Gasteiger partial charge on any atom is -0.307 e. The molecule has 0 radical (unpaired) electrons. The van der Waals surface area contributed by atoms with Crippen molar-refractivity contribution < 1.29 is 13.2 Å². The Morgan fingerprint density at radius 1 is 1.23 bits per heavy atom. The summed E-state index contributed by atoms with van der Waals surface area (Å²) in [7, 11) is -3.60. The van der Waals surface area contributed by atoms with Crippen molar-refractivity contribution in [1.82, 2.24) is 9.29 Å². The zero-order valence-electron chi connectivity index (χ0n) is 14.4. The summed E-state index contributed by atoms with van der Waals surface area (Å²) in [6.45, 7) is 3.14. The van der Waals surface area contributed by atoms with Crippen LogP contribution < -0.4 is 5.32 Å². The Balaban J connectivity index is 1.79. The molecule has 0 spiro atoms. The van der Waals surface area contributed by atoms with E-state index in [0.29, 0.717) is 29.8 Å². The first-order valence-electron chi connectivity index (χ1n) is 8.39. The molecule has 1 saturated heterocycles. The Morgan fingerprint density at radius 2 is 1.96 bits per heavy atom. The maximum absolute atomic E-state index is 12.8. The number of halogens is 1. The van der Waals surface area contributed by atoms with E-state index in [9.17, 15) is 13.2 Å². The predicted molar refractivity (Wildman–Crippen MR) is 101 cm³/mol. The Labute approximate surface area is 158 Å². The van der Waals surface area contributed by atoms with Gasteiger partial charge in [-0.15, -0.1) is 0 Å². The van der Waals surface area contributed by atoms with Gasteiger partial charge in [0.25, 0.3) is 5.91 Å². The molecule has 3 rings (SSSR count). The standard InChI is InChI=1S/C18H20ClN3O3S/c1-13-7-9-22(10-8-13)26(24,25)16-4-2-3-14(11-16)18(23)21-17-6-5-15(19)12-20-17/h2-6,11-13H,7-10H2,1H3,(H,20,21,23). The number of pyridine rings is 1. The number of benzene rings is 1. The number of nitrogens with zero attached hydrogens (tertiary/aromatic N) is 2. The molecule has 0 saturated carbocycles. The number of aromatic nitrogens is 1. The van der Waals surface area contributed by atoms with Crippen molar-refractivity contribution in [3.05, 3.63) is 53.2 Å². The summed E-state index contributed by atoms with van der Waals surface area (Å²) in [4.78, 5) is 16.5. The van der Waals surface area contributed by atoms with Crippen molar-refractivity contribution in [3.63, 3.8) is 0 Å². The van der Waals surface area contributed by atoms with E-state index in [-0.39, 0.29) is 10.5 Å². The number of amides is 1. The highest BCUT2D eigenvalue weighted by Crippen LogP contribution is 2.24. The van der Waals surface area contributed by atoms with Crippen molar-refractivity contribution in [3.8, 4) is 0 Å². The molecule has 1 aromatic carbocycles. The van der Waals surface area contributed by atoms with Gasteiger partial charge in [0.15, 0.2) is 0 Å². The monoisotopic (exact) mass is 393 g/mol. The molecule has 2 heterocycles. The molecule has 0 unspecified atom stereocenters. The lowest BCUT2D eigenvalue weighted by atomic mass is 10.0. The van der Waals surface area contributed by atoms with Crippen LogP contribution in [0.4, 0.5) is 5.82 Å². The maximum Gasteiger partial charge on any atom is 0.256 e. The number of carbonyl (C=O) groups excluding carboxylic acids is 1. The molecule has 1 amide bonds. The van der Waals surface area contributed by atoms with Crippen LogP contribution in [0.5, 0.6) is 0 Å². The summed E-state index contributed by atoms with van der Waals surface area (Å²) in [6, 6.07) is 9.26. The first-order chi connectivity index (χ1) is 12.4. The van der Waals surface area contributed by atoms with E-state index < -0.39 is 15.9 Å². The third-order valence-electron chi connectivity index (χ3n) is 4.45. The van der Waals surface area contributed by atoms with E-state index in [0.717, 1.165) is 12.8 Å². The van der Waals surface area contributed by atoms with Crippen LogP contribution in [0.3, 0.4) is 0 Å². The van der Waals surface area contributed by atoms with Crippen LogP contribution in [-0.4, -0.2) is 36.7 Å². The molecule has 8 heteroatoms. The fraction of sp³-hybridized carbons (Fsp3) is 0.333. The number of nitrogens with one attached hydrogen (secondary N) is 1. The molecular weight excluding hydrogens is 374 g/mol. The Bertz CT molecular complexity index is 892. The Morgan fingerprint density at radius 3 is 2.62 bits per heavy atom. The zero-order chi connectivity index (χ0) is 18.7. The molecule has 1 fully saturated rings. The maximum atomic E-state index is 12.8. The molecule has 1 aliphatic heterocycles. The number of hydrogen-bond acceptors (Lipinski definition) is 4. The molecule has 1 N–H and O–H groups in total. The number of piperidine rings is 1. The van der Waals surface area contributed by atoms with E-state index in [2.05, 4.69) is 17.2 Å². The zero-order valence-corrected chi connectivity index (χ0v) is 15.9. The van der Waals surface area contributed by atoms with E-state index >= 15 is 0 Å². The molecule has 0 bridgehead atoms. The predicted octanol–water partition coefficient (Wildman–Crippen LogP) is 3.41. The van der Waals surface area contributed by atoms with Crippen molar-refractivity contribution in [2.45, 2.75) is 24.7 Å². The highest BCUT2D eigenvalue weighted by Gasteiger charge is 2.28. The molecule has 2 aromatic rings. The summed E-state index contributed by atoms with van der Waals surface area (Å²) in [5.74, 6) is 0.451. The van der Waals surface area contributed by atoms with Crippen molar-refractivity contribution in [2.24, 2.45) is 5.92 Å². The van der Waals surface area contributed by atoms with Gasteiger partial charge < -0.3 is 5.32 Å². The quantitative estimate of drug-likeness (QED) is 0.863. The molecule has 1 aromatic heterocycles. The van der Waals surface area contributed by atoms with Crippen molar-refractivity contribution in [1.29, 1.82) is 0 Å².